The zero-order valence-corrected chi connectivity index (χ0v) is 12.1. The van der Waals surface area contributed by atoms with E-state index in [1.165, 1.54) is 17.5 Å². The van der Waals surface area contributed by atoms with Crippen LogP contribution in [0, 0.1) is 0 Å². The van der Waals surface area contributed by atoms with Crippen molar-refractivity contribution in [3.05, 3.63) is 29.3 Å². The van der Waals surface area contributed by atoms with E-state index in [1.807, 2.05) is 6.07 Å². The van der Waals surface area contributed by atoms with Gasteiger partial charge in [-0.1, -0.05) is 6.07 Å². The standard InChI is InChI=1S/C16H21N3O2/c20-11-18-16(6-8-17-9-7-16)15(21)19-14-5-4-12-2-1-3-13(12)10-14/h4-5,10-11,17H,1-3,6-9H2,(H,18,20)(H,19,21). The third kappa shape index (κ3) is 2.78. The molecule has 2 aliphatic rings. The van der Waals surface area contributed by atoms with E-state index in [0.29, 0.717) is 19.3 Å². The Morgan fingerprint density at radius 3 is 2.71 bits per heavy atom. The summed E-state index contributed by atoms with van der Waals surface area (Å²) in [4.78, 5) is 23.5. The number of piperidine rings is 1. The highest BCUT2D eigenvalue weighted by molar-refractivity contribution is 5.99. The molecule has 21 heavy (non-hydrogen) atoms. The van der Waals surface area contributed by atoms with Crippen molar-refractivity contribution < 1.29 is 9.59 Å². The molecule has 0 saturated carbocycles. The number of rotatable bonds is 4. The molecule has 1 saturated heterocycles. The molecule has 0 aromatic heterocycles. The maximum absolute atomic E-state index is 12.6. The smallest absolute Gasteiger partial charge is 0.250 e. The summed E-state index contributed by atoms with van der Waals surface area (Å²) in [5.74, 6) is -0.117. The summed E-state index contributed by atoms with van der Waals surface area (Å²) >= 11 is 0. The Morgan fingerprint density at radius 1 is 1.19 bits per heavy atom. The van der Waals surface area contributed by atoms with Crippen molar-refractivity contribution in [3.8, 4) is 0 Å². The number of hydrogen-bond donors (Lipinski definition) is 3. The van der Waals surface area contributed by atoms with Gasteiger partial charge in [0.25, 0.3) is 0 Å². The Hall–Kier alpha value is -1.88. The molecule has 1 aliphatic heterocycles. The summed E-state index contributed by atoms with van der Waals surface area (Å²) in [5.41, 5.74) is 2.75. The van der Waals surface area contributed by atoms with E-state index < -0.39 is 5.54 Å². The van der Waals surface area contributed by atoms with Crippen LogP contribution >= 0.6 is 0 Å². The van der Waals surface area contributed by atoms with Gasteiger partial charge in [-0.15, -0.1) is 0 Å². The van der Waals surface area contributed by atoms with Crippen molar-refractivity contribution in [1.82, 2.24) is 10.6 Å². The van der Waals surface area contributed by atoms with Crippen LogP contribution in [0.4, 0.5) is 5.69 Å². The molecule has 2 amide bonds. The molecular formula is C16H21N3O2. The number of anilines is 1. The van der Waals surface area contributed by atoms with E-state index >= 15 is 0 Å². The summed E-state index contributed by atoms with van der Waals surface area (Å²) in [6.45, 7) is 1.47. The number of carbonyl (C=O) groups is 2. The van der Waals surface area contributed by atoms with Gasteiger partial charge in [0.2, 0.25) is 12.3 Å². The van der Waals surface area contributed by atoms with Gasteiger partial charge in [-0.25, -0.2) is 0 Å². The van der Waals surface area contributed by atoms with E-state index in [2.05, 4.69) is 28.1 Å². The average Bonchev–Trinajstić information content (AvgIpc) is 2.96. The zero-order valence-electron chi connectivity index (χ0n) is 12.1. The summed E-state index contributed by atoms with van der Waals surface area (Å²) in [6, 6.07) is 6.12. The first kappa shape index (κ1) is 14.1. The third-order valence-electron chi connectivity index (χ3n) is 4.58. The van der Waals surface area contributed by atoms with Crippen LogP contribution in [0.15, 0.2) is 18.2 Å². The van der Waals surface area contributed by atoms with E-state index in [4.69, 9.17) is 0 Å². The molecule has 0 spiro atoms. The predicted octanol–water partition coefficient (Wildman–Crippen LogP) is 0.982. The van der Waals surface area contributed by atoms with Crippen LogP contribution in [0.3, 0.4) is 0 Å². The second kappa shape index (κ2) is 5.85. The van der Waals surface area contributed by atoms with Crippen molar-refractivity contribution in [1.29, 1.82) is 0 Å². The molecule has 5 heteroatoms. The van der Waals surface area contributed by atoms with Crippen molar-refractivity contribution in [2.24, 2.45) is 0 Å². The van der Waals surface area contributed by atoms with Crippen LogP contribution in [0.2, 0.25) is 0 Å². The molecule has 0 bridgehead atoms. The monoisotopic (exact) mass is 287 g/mol. The molecule has 1 fully saturated rings. The largest absolute Gasteiger partial charge is 0.344 e. The van der Waals surface area contributed by atoms with Crippen LogP contribution in [0.5, 0.6) is 0 Å². The first-order chi connectivity index (χ1) is 10.2. The van der Waals surface area contributed by atoms with Crippen molar-refractivity contribution in [2.75, 3.05) is 18.4 Å². The van der Waals surface area contributed by atoms with E-state index in [0.717, 1.165) is 31.6 Å². The summed E-state index contributed by atoms with van der Waals surface area (Å²) < 4.78 is 0. The maximum Gasteiger partial charge on any atom is 0.250 e. The summed E-state index contributed by atoms with van der Waals surface area (Å²) in [7, 11) is 0. The average molecular weight is 287 g/mol. The second-order valence-electron chi connectivity index (χ2n) is 5.89. The molecular weight excluding hydrogens is 266 g/mol. The van der Waals surface area contributed by atoms with Crippen molar-refractivity contribution >= 4 is 18.0 Å². The first-order valence-electron chi connectivity index (χ1n) is 7.59. The number of hydrogen-bond acceptors (Lipinski definition) is 3. The highest BCUT2D eigenvalue weighted by Gasteiger charge is 2.39. The minimum absolute atomic E-state index is 0.117. The quantitative estimate of drug-likeness (QED) is 0.723. The maximum atomic E-state index is 12.6. The fraction of sp³-hybridized carbons (Fsp3) is 0.500. The van der Waals surface area contributed by atoms with Crippen LogP contribution in [0.25, 0.3) is 0 Å². The number of benzene rings is 1. The topological polar surface area (TPSA) is 70.2 Å². The number of fused-ring (bicyclic) bond motifs is 1. The molecule has 1 heterocycles. The second-order valence-corrected chi connectivity index (χ2v) is 5.89. The lowest BCUT2D eigenvalue weighted by Crippen LogP contribution is -2.59. The highest BCUT2D eigenvalue weighted by Crippen LogP contribution is 2.26. The zero-order chi connectivity index (χ0) is 14.7. The molecule has 1 aromatic rings. The molecule has 5 nitrogen and oxygen atoms in total. The normalized spacial score (nSPS) is 19.6. The molecule has 3 N–H and O–H groups in total. The van der Waals surface area contributed by atoms with Gasteiger partial charge < -0.3 is 16.0 Å². The third-order valence-corrected chi connectivity index (χ3v) is 4.58. The number of amides is 2. The van der Waals surface area contributed by atoms with Crippen LogP contribution in [0.1, 0.15) is 30.4 Å². The molecule has 112 valence electrons. The fourth-order valence-corrected chi connectivity index (χ4v) is 3.30. The predicted molar refractivity (Wildman–Crippen MR) is 81.1 cm³/mol. The van der Waals surface area contributed by atoms with E-state index in [1.54, 1.807) is 0 Å². The Labute approximate surface area is 124 Å². The number of aryl methyl sites for hydroxylation is 2. The van der Waals surface area contributed by atoms with E-state index in [-0.39, 0.29) is 5.91 Å². The Morgan fingerprint density at radius 2 is 1.95 bits per heavy atom. The lowest BCUT2D eigenvalue weighted by Gasteiger charge is -2.35. The van der Waals surface area contributed by atoms with Crippen LogP contribution < -0.4 is 16.0 Å². The van der Waals surface area contributed by atoms with Gasteiger partial charge in [-0.3, -0.25) is 9.59 Å². The van der Waals surface area contributed by atoms with Gasteiger partial charge in [0.1, 0.15) is 5.54 Å². The summed E-state index contributed by atoms with van der Waals surface area (Å²) in [5, 5.41) is 8.93. The first-order valence-corrected chi connectivity index (χ1v) is 7.59. The van der Waals surface area contributed by atoms with Gasteiger partial charge in [0.05, 0.1) is 0 Å². The van der Waals surface area contributed by atoms with Crippen LogP contribution in [-0.2, 0) is 22.4 Å². The lowest BCUT2D eigenvalue weighted by atomic mass is 9.87. The minimum atomic E-state index is -0.786. The molecule has 0 radical (unpaired) electrons. The van der Waals surface area contributed by atoms with E-state index in [9.17, 15) is 9.59 Å². The van der Waals surface area contributed by atoms with Gasteiger partial charge in [0, 0.05) is 5.69 Å². The number of nitrogens with one attached hydrogen (secondary N) is 3. The molecule has 3 rings (SSSR count). The summed E-state index contributed by atoms with van der Waals surface area (Å²) in [6.07, 6.45) is 5.26. The van der Waals surface area contributed by atoms with Gasteiger partial charge in [0.15, 0.2) is 0 Å². The molecule has 1 aliphatic carbocycles. The number of carbonyl (C=O) groups excluding carboxylic acids is 2. The lowest BCUT2D eigenvalue weighted by molar-refractivity contribution is -0.126. The Kier molecular flexibility index (Phi) is 3.92. The van der Waals surface area contributed by atoms with Crippen molar-refractivity contribution in [3.63, 3.8) is 0 Å². The molecule has 1 aromatic carbocycles. The van der Waals surface area contributed by atoms with Crippen molar-refractivity contribution in [2.45, 2.75) is 37.6 Å². The van der Waals surface area contributed by atoms with Gasteiger partial charge in [-0.2, -0.15) is 0 Å². The SMILES string of the molecule is O=CNC1(C(=O)Nc2ccc3c(c2)CCC3)CCNCC1. The Balaban J connectivity index is 1.76. The highest BCUT2D eigenvalue weighted by atomic mass is 16.2. The fourth-order valence-electron chi connectivity index (χ4n) is 3.30. The van der Waals surface area contributed by atoms with Crippen LogP contribution in [-0.4, -0.2) is 30.9 Å². The molecule has 0 unspecified atom stereocenters. The van der Waals surface area contributed by atoms with Gasteiger partial charge >= 0.3 is 0 Å². The molecule has 0 atom stereocenters. The minimum Gasteiger partial charge on any atom is -0.344 e. The Bertz CT molecular complexity index is 550. The van der Waals surface area contributed by atoms with Gasteiger partial charge in [-0.05, 0) is 68.5 Å².